The Morgan fingerprint density at radius 1 is 1.43 bits per heavy atom. The quantitative estimate of drug-likeness (QED) is 0.440. The summed E-state index contributed by atoms with van der Waals surface area (Å²) in [5.41, 5.74) is 0. The Balaban J connectivity index is 4.35. The molecule has 1 amide bonds. The summed E-state index contributed by atoms with van der Waals surface area (Å²) < 4.78 is -1.66. The molecule has 2 N–H and O–H groups in total. The van der Waals surface area contributed by atoms with Gasteiger partial charge in [0.2, 0.25) is 5.91 Å². The van der Waals surface area contributed by atoms with Crippen LogP contribution in [0.5, 0.6) is 0 Å². The Hall–Kier alpha value is 1.83. The average Bonchev–Trinajstić information content (AvgIpc) is 2.02. The monoisotopic (exact) mass is 521 g/mol. The molecular formula is C6H8Br5NO2. The van der Waals surface area contributed by atoms with Gasteiger partial charge >= 0.3 is 0 Å². The Morgan fingerprint density at radius 3 is 2.14 bits per heavy atom. The van der Waals surface area contributed by atoms with Gasteiger partial charge in [-0.1, -0.05) is 79.6 Å². The van der Waals surface area contributed by atoms with E-state index in [2.05, 4.69) is 85.0 Å². The van der Waals surface area contributed by atoms with E-state index >= 15 is 0 Å². The van der Waals surface area contributed by atoms with E-state index in [-0.39, 0.29) is 5.91 Å². The molecule has 0 aromatic heterocycles. The predicted octanol–water partition coefficient (Wildman–Crippen LogP) is 2.81. The van der Waals surface area contributed by atoms with Gasteiger partial charge in [-0.05, 0) is 6.92 Å². The van der Waals surface area contributed by atoms with Gasteiger partial charge in [0.25, 0.3) is 0 Å². The highest BCUT2D eigenvalue weighted by atomic mass is 80.0. The predicted molar refractivity (Wildman–Crippen MR) is 74.8 cm³/mol. The van der Waals surface area contributed by atoms with E-state index in [1.807, 2.05) is 0 Å². The van der Waals surface area contributed by atoms with Crippen LogP contribution in [0.3, 0.4) is 0 Å². The molecule has 8 heteroatoms. The van der Waals surface area contributed by atoms with Crippen LogP contribution in [0.2, 0.25) is 0 Å². The molecule has 0 aliphatic heterocycles. The molecule has 0 aromatic rings. The minimum atomic E-state index is -1.09. The molecule has 2 atom stereocenters. The Morgan fingerprint density at radius 2 is 1.86 bits per heavy atom. The highest BCUT2D eigenvalue weighted by molar-refractivity contribution is 9.39. The first kappa shape index (κ1) is 15.8. The second kappa shape index (κ2) is 5.95. The van der Waals surface area contributed by atoms with Gasteiger partial charge in [-0.25, -0.2) is 0 Å². The van der Waals surface area contributed by atoms with Crippen LogP contribution in [-0.4, -0.2) is 29.0 Å². The molecule has 0 aliphatic carbocycles. The minimum absolute atomic E-state index is 0.315. The van der Waals surface area contributed by atoms with Crippen LogP contribution in [0.25, 0.3) is 0 Å². The van der Waals surface area contributed by atoms with Gasteiger partial charge in [-0.3, -0.25) is 4.79 Å². The Kier molecular flexibility index (Phi) is 6.73. The van der Waals surface area contributed by atoms with E-state index in [1.54, 1.807) is 6.92 Å². The van der Waals surface area contributed by atoms with Gasteiger partial charge in [0, 0.05) is 5.33 Å². The number of halogens is 5. The zero-order valence-electron chi connectivity index (χ0n) is 7.03. The molecule has 0 saturated heterocycles. The van der Waals surface area contributed by atoms with E-state index in [0.29, 0.717) is 5.33 Å². The maximum atomic E-state index is 11.5. The van der Waals surface area contributed by atoms with Crippen LogP contribution in [-0.2, 0) is 4.79 Å². The van der Waals surface area contributed by atoms with Crippen molar-refractivity contribution in [1.82, 2.24) is 5.32 Å². The highest BCUT2D eigenvalue weighted by Gasteiger charge is 2.35. The molecule has 3 nitrogen and oxygen atoms in total. The lowest BCUT2D eigenvalue weighted by Crippen LogP contribution is -2.50. The van der Waals surface area contributed by atoms with Crippen molar-refractivity contribution in [2.45, 2.75) is 19.6 Å². The molecule has 0 radical (unpaired) electrons. The largest absolute Gasteiger partial charge is 0.370 e. The molecule has 0 aliphatic rings. The van der Waals surface area contributed by atoms with Crippen LogP contribution >= 0.6 is 79.6 Å². The first-order valence-corrected chi connectivity index (χ1v) is 7.71. The molecule has 0 unspecified atom stereocenters. The van der Waals surface area contributed by atoms with E-state index < -0.39 is 12.7 Å². The van der Waals surface area contributed by atoms with Gasteiger partial charge in [0.05, 0.1) is 0 Å². The third-order valence-electron chi connectivity index (χ3n) is 1.30. The number of amides is 1. The molecule has 0 saturated carbocycles. The number of aliphatic hydroxyl groups excluding tert-OH is 1. The molecule has 0 spiro atoms. The van der Waals surface area contributed by atoms with Crippen molar-refractivity contribution in [2.75, 3.05) is 5.33 Å². The van der Waals surface area contributed by atoms with Crippen LogP contribution < -0.4 is 5.32 Å². The van der Waals surface area contributed by atoms with Crippen molar-refractivity contribution in [3.8, 4) is 0 Å². The summed E-state index contributed by atoms with van der Waals surface area (Å²) in [6.07, 6.45) is -1.09. The Bertz CT molecular complexity index is 215. The molecule has 0 rings (SSSR count). The third kappa shape index (κ3) is 5.25. The lowest BCUT2D eigenvalue weighted by Gasteiger charge is -2.25. The summed E-state index contributed by atoms with van der Waals surface area (Å²) in [4.78, 5) is 11.5. The summed E-state index contributed by atoms with van der Waals surface area (Å²) in [5.74, 6) is -0.315. The number of nitrogens with one attached hydrogen (secondary N) is 1. The van der Waals surface area contributed by atoms with Gasteiger partial charge in [-0.15, -0.1) is 0 Å². The maximum absolute atomic E-state index is 11.5. The fourth-order valence-corrected chi connectivity index (χ4v) is 1.13. The highest BCUT2D eigenvalue weighted by Crippen LogP contribution is 2.36. The van der Waals surface area contributed by atoms with E-state index in [0.717, 1.165) is 0 Å². The number of aliphatic hydroxyl groups is 1. The van der Waals surface area contributed by atoms with Crippen molar-refractivity contribution in [3.63, 3.8) is 0 Å². The summed E-state index contributed by atoms with van der Waals surface area (Å²) in [6.45, 7) is 1.70. The van der Waals surface area contributed by atoms with Gasteiger partial charge in [0.15, 0.2) is 8.37 Å². The van der Waals surface area contributed by atoms with E-state index in [1.165, 1.54) is 0 Å². The third-order valence-corrected chi connectivity index (χ3v) is 5.12. The zero-order chi connectivity index (χ0) is 11.6. The van der Waals surface area contributed by atoms with E-state index in [4.69, 9.17) is 0 Å². The van der Waals surface area contributed by atoms with Crippen molar-refractivity contribution in [2.24, 2.45) is 0 Å². The summed E-state index contributed by atoms with van der Waals surface area (Å²) >= 11 is 15.7. The molecular weight excluding hydrogens is 518 g/mol. The standard InChI is InChI=1S/C6H8Br5NO2/c1-5(8,2-7)3(13)12-4(14)6(9,10)11/h4,14H,2H2,1H3,(H,12,13)/t4-,5-/m1/s1. The summed E-state index contributed by atoms with van der Waals surface area (Å²) in [5, 5.41) is 12.4. The SMILES string of the molecule is C[C@@](Br)(CBr)C(=O)N[C@H](O)C(Br)(Br)Br. The van der Waals surface area contributed by atoms with Crippen molar-refractivity contribution in [3.05, 3.63) is 0 Å². The molecule has 0 aromatic carbocycles. The second-order valence-corrected chi connectivity index (χ2v) is 12.0. The van der Waals surface area contributed by atoms with Crippen molar-refractivity contribution in [1.29, 1.82) is 0 Å². The van der Waals surface area contributed by atoms with Gasteiger partial charge in [0.1, 0.15) is 4.32 Å². The average molecular weight is 526 g/mol. The zero-order valence-corrected chi connectivity index (χ0v) is 15.0. The fraction of sp³-hybridized carbons (Fsp3) is 0.833. The number of carbonyl (C=O) groups excluding carboxylic acids is 1. The lowest BCUT2D eigenvalue weighted by molar-refractivity contribution is -0.125. The number of alkyl halides is 5. The molecule has 0 heterocycles. The second-order valence-electron chi connectivity index (χ2n) is 2.75. The smallest absolute Gasteiger partial charge is 0.239 e. The number of carbonyl (C=O) groups is 1. The first-order chi connectivity index (χ1) is 6.11. The van der Waals surface area contributed by atoms with Crippen LogP contribution in [0, 0.1) is 0 Å². The van der Waals surface area contributed by atoms with Crippen LogP contribution in [0.4, 0.5) is 0 Å². The topological polar surface area (TPSA) is 49.3 Å². The normalized spacial score (nSPS) is 18.5. The number of hydrogen-bond acceptors (Lipinski definition) is 2. The van der Waals surface area contributed by atoms with Crippen LogP contribution in [0.1, 0.15) is 6.92 Å². The summed E-state index contributed by atoms with van der Waals surface area (Å²) in [7, 11) is 0. The molecule has 0 bridgehead atoms. The molecule has 84 valence electrons. The summed E-state index contributed by atoms with van der Waals surface area (Å²) in [6, 6.07) is 0. The van der Waals surface area contributed by atoms with Crippen molar-refractivity contribution < 1.29 is 9.90 Å². The minimum Gasteiger partial charge on any atom is -0.370 e. The molecule has 0 fully saturated rings. The van der Waals surface area contributed by atoms with E-state index in [9.17, 15) is 9.90 Å². The van der Waals surface area contributed by atoms with Crippen LogP contribution in [0.15, 0.2) is 0 Å². The fourth-order valence-electron chi connectivity index (χ4n) is 0.417. The number of rotatable bonds is 3. The van der Waals surface area contributed by atoms with Crippen molar-refractivity contribution >= 4 is 85.6 Å². The Labute approximate surface area is 124 Å². The molecule has 14 heavy (non-hydrogen) atoms. The lowest BCUT2D eigenvalue weighted by atomic mass is 10.2. The first-order valence-electron chi connectivity index (χ1n) is 3.42. The van der Waals surface area contributed by atoms with Gasteiger partial charge in [-0.2, -0.15) is 0 Å². The maximum Gasteiger partial charge on any atom is 0.239 e. The van der Waals surface area contributed by atoms with Gasteiger partial charge < -0.3 is 10.4 Å². The number of hydrogen-bond donors (Lipinski definition) is 2.